The van der Waals surface area contributed by atoms with E-state index in [0.29, 0.717) is 5.56 Å². The highest BCUT2D eigenvalue weighted by molar-refractivity contribution is 6.32. The number of rotatable bonds is 5. The first-order chi connectivity index (χ1) is 8.38. The molecule has 0 aromatic carbocycles. The first-order valence-corrected chi connectivity index (χ1v) is 5.60. The van der Waals surface area contributed by atoms with Gasteiger partial charge in [-0.05, 0) is 17.7 Å². The molecule has 1 rings (SSSR count). The molecule has 0 bridgehead atoms. The van der Waals surface area contributed by atoms with Crippen LogP contribution in [-0.2, 0) is 20.9 Å². The molecule has 6 nitrogen and oxygen atoms in total. The summed E-state index contributed by atoms with van der Waals surface area (Å²) < 4.78 is 4.83. The molecule has 0 spiro atoms. The summed E-state index contributed by atoms with van der Waals surface area (Å²) >= 11 is 11.3. The normalized spacial score (nSPS) is 11.9. The first-order valence-electron chi connectivity index (χ1n) is 4.84. The predicted octanol–water partition coefficient (Wildman–Crippen LogP) is 1.23. The Kier molecular flexibility index (Phi) is 5.33. The minimum absolute atomic E-state index is 0.103. The van der Waals surface area contributed by atoms with Crippen LogP contribution >= 0.6 is 23.2 Å². The highest BCUT2D eigenvalue weighted by atomic mass is 35.5. The highest BCUT2D eigenvalue weighted by Crippen LogP contribution is 2.15. The molecule has 1 aromatic heterocycles. The Labute approximate surface area is 113 Å². The van der Waals surface area contributed by atoms with Crippen LogP contribution in [0.5, 0.6) is 0 Å². The van der Waals surface area contributed by atoms with Gasteiger partial charge in [-0.2, -0.15) is 0 Å². The van der Waals surface area contributed by atoms with Gasteiger partial charge in [-0.15, -0.1) is 0 Å². The number of hydrogen-bond donors (Lipinski definition) is 2. The number of halogens is 2. The third-order valence-corrected chi connectivity index (χ3v) is 2.29. The molecule has 0 aliphatic rings. The summed E-state index contributed by atoms with van der Waals surface area (Å²) in [5.41, 5.74) is 5.86. The van der Waals surface area contributed by atoms with Gasteiger partial charge in [0, 0.05) is 0 Å². The number of aliphatic carboxylic acids is 1. The van der Waals surface area contributed by atoms with Crippen LogP contribution in [0.15, 0.2) is 12.1 Å². The minimum atomic E-state index is -1.20. The summed E-state index contributed by atoms with van der Waals surface area (Å²) in [6.45, 7) is -0.103. The Morgan fingerprint density at radius 1 is 1.39 bits per heavy atom. The molecule has 0 aliphatic heterocycles. The number of carboxylic acids is 1. The molecular formula is C10H10Cl2N2O4. The fraction of sp³-hybridized carbons (Fsp3) is 0.300. The number of ether oxygens (including phenoxy) is 1. The highest BCUT2D eigenvalue weighted by Gasteiger charge is 2.18. The van der Waals surface area contributed by atoms with E-state index < -0.39 is 24.4 Å². The van der Waals surface area contributed by atoms with Gasteiger partial charge < -0.3 is 15.6 Å². The number of hydrogen-bond acceptors (Lipinski definition) is 5. The van der Waals surface area contributed by atoms with E-state index in [2.05, 4.69) is 4.98 Å². The van der Waals surface area contributed by atoms with Gasteiger partial charge in [0.1, 0.15) is 23.0 Å². The van der Waals surface area contributed by atoms with Crippen molar-refractivity contribution >= 4 is 35.1 Å². The maximum atomic E-state index is 11.3. The molecule has 0 radical (unpaired) electrons. The van der Waals surface area contributed by atoms with Crippen LogP contribution in [0.2, 0.25) is 10.3 Å². The summed E-state index contributed by atoms with van der Waals surface area (Å²) in [7, 11) is 0. The van der Waals surface area contributed by atoms with Crippen molar-refractivity contribution in [2.45, 2.75) is 19.1 Å². The lowest BCUT2D eigenvalue weighted by atomic mass is 10.2. The van der Waals surface area contributed by atoms with E-state index in [1.165, 1.54) is 12.1 Å². The van der Waals surface area contributed by atoms with Crippen molar-refractivity contribution in [2.75, 3.05) is 0 Å². The Morgan fingerprint density at radius 2 is 1.94 bits per heavy atom. The summed E-state index contributed by atoms with van der Waals surface area (Å²) in [5, 5.41) is 8.80. The van der Waals surface area contributed by atoms with Crippen LogP contribution in [0.25, 0.3) is 0 Å². The topological polar surface area (TPSA) is 103 Å². The minimum Gasteiger partial charge on any atom is -0.481 e. The number of nitrogens with zero attached hydrogens (tertiary/aromatic N) is 1. The Balaban J connectivity index is 2.54. The second-order valence-electron chi connectivity index (χ2n) is 3.43. The average molecular weight is 293 g/mol. The Hall–Kier alpha value is -1.37. The molecule has 8 heteroatoms. The zero-order valence-electron chi connectivity index (χ0n) is 9.10. The molecule has 1 atom stereocenters. The number of carbonyl (C=O) groups excluding carboxylic acids is 1. The van der Waals surface area contributed by atoms with Crippen molar-refractivity contribution in [3.05, 3.63) is 28.0 Å². The summed E-state index contributed by atoms with van der Waals surface area (Å²) in [6, 6.07) is 1.75. The van der Waals surface area contributed by atoms with Gasteiger partial charge in [0.2, 0.25) is 0 Å². The van der Waals surface area contributed by atoms with Gasteiger partial charge in [-0.3, -0.25) is 9.59 Å². The number of esters is 1. The quantitative estimate of drug-likeness (QED) is 0.625. The molecule has 0 saturated heterocycles. The number of carboxylic acid groups (broad SMARTS) is 1. The molecular weight excluding hydrogens is 283 g/mol. The van der Waals surface area contributed by atoms with E-state index in [9.17, 15) is 9.59 Å². The number of nitrogens with two attached hydrogens (primary N) is 1. The van der Waals surface area contributed by atoms with Crippen LogP contribution < -0.4 is 5.73 Å². The van der Waals surface area contributed by atoms with E-state index >= 15 is 0 Å². The first kappa shape index (κ1) is 14.7. The van der Waals surface area contributed by atoms with E-state index in [4.69, 9.17) is 38.8 Å². The molecule has 0 saturated carbocycles. The average Bonchev–Trinajstić information content (AvgIpc) is 2.23. The van der Waals surface area contributed by atoms with Crippen LogP contribution in [0, 0.1) is 0 Å². The summed E-state index contributed by atoms with van der Waals surface area (Å²) in [6.07, 6.45) is -0.489. The number of pyridine rings is 1. The molecule has 1 heterocycles. The van der Waals surface area contributed by atoms with Gasteiger partial charge >= 0.3 is 11.9 Å². The van der Waals surface area contributed by atoms with E-state index in [0.717, 1.165) is 0 Å². The molecule has 1 aromatic rings. The van der Waals surface area contributed by atoms with Crippen molar-refractivity contribution in [1.29, 1.82) is 0 Å². The molecule has 0 fully saturated rings. The van der Waals surface area contributed by atoms with Gasteiger partial charge in [0.25, 0.3) is 0 Å². The van der Waals surface area contributed by atoms with Crippen molar-refractivity contribution in [3.8, 4) is 0 Å². The molecule has 18 heavy (non-hydrogen) atoms. The molecule has 0 amide bonds. The lowest BCUT2D eigenvalue weighted by Gasteiger charge is -2.09. The van der Waals surface area contributed by atoms with Gasteiger partial charge in [0.05, 0.1) is 6.42 Å². The van der Waals surface area contributed by atoms with Gasteiger partial charge in [-0.25, -0.2) is 4.98 Å². The second kappa shape index (κ2) is 6.53. The second-order valence-corrected chi connectivity index (χ2v) is 4.21. The molecule has 0 unspecified atom stereocenters. The Morgan fingerprint density at radius 3 is 2.44 bits per heavy atom. The number of carbonyl (C=O) groups is 2. The zero-order valence-corrected chi connectivity index (χ0v) is 10.6. The van der Waals surface area contributed by atoms with E-state index in [-0.39, 0.29) is 16.9 Å². The SMILES string of the molecule is N[C@@H](CC(=O)O)C(=O)OCc1cc(Cl)nc(Cl)c1. The molecule has 0 aliphatic carbocycles. The third kappa shape index (κ3) is 4.87. The van der Waals surface area contributed by atoms with Crippen LogP contribution in [0.1, 0.15) is 12.0 Å². The maximum Gasteiger partial charge on any atom is 0.323 e. The van der Waals surface area contributed by atoms with E-state index in [1.807, 2.05) is 0 Å². The standard InChI is InChI=1S/C10H10Cl2N2O4/c11-7-1-5(2-8(12)14-7)4-18-10(17)6(13)3-9(15)16/h1-2,6H,3-4,13H2,(H,15,16)/t6-/m0/s1. The van der Waals surface area contributed by atoms with Crippen molar-refractivity contribution in [1.82, 2.24) is 4.98 Å². The third-order valence-electron chi connectivity index (χ3n) is 1.90. The lowest BCUT2D eigenvalue weighted by molar-refractivity contribution is -0.150. The fourth-order valence-corrected chi connectivity index (χ4v) is 1.64. The largest absolute Gasteiger partial charge is 0.481 e. The monoisotopic (exact) mass is 292 g/mol. The van der Waals surface area contributed by atoms with Gasteiger partial charge in [-0.1, -0.05) is 23.2 Å². The zero-order chi connectivity index (χ0) is 13.7. The van der Waals surface area contributed by atoms with Crippen molar-refractivity contribution in [2.24, 2.45) is 5.73 Å². The fourth-order valence-electron chi connectivity index (χ4n) is 1.13. The summed E-state index contributed by atoms with van der Waals surface area (Å²) in [4.78, 5) is 25.4. The van der Waals surface area contributed by atoms with Crippen molar-refractivity contribution in [3.63, 3.8) is 0 Å². The maximum absolute atomic E-state index is 11.3. The molecule has 98 valence electrons. The predicted molar refractivity (Wildman–Crippen MR) is 64.3 cm³/mol. The van der Waals surface area contributed by atoms with Crippen molar-refractivity contribution < 1.29 is 19.4 Å². The van der Waals surface area contributed by atoms with Crippen LogP contribution in [0.3, 0.4) is 0 Å². The smallest absolute Gasteiger partial charge is 0.323 e. The van der Waals surface area contributed by atoms with Crippen LogP contribution in [-0.4, -0.2) is 28.1 Å². The van der Waals surface area contributed by atoms with Gasteiger partial charge in [0.15, 0.2) is 0 Å². The van der Waals surface area contributed by atoms with Crippen LogP contribution in [0.4, 0.5) is 0 Å². The lowest BCUT2D eigenvalue weighted by Crippen LogP contribution is -2.34. The Bertz CT molecular complexity index is 447. The number of aromatic nitrogens is 1. The summed E-state index contributed by atoms with van der Waals surface area (Å²) in [5.74, 6) is -1.98. The van der Waals surface area contributed by atoms with E-state index in [1.54, 1.807) is 0 Å². The molecule has 3 N–H and O–H groups in total.